The van der Waals surface area contributed by atoms with E-state index in [-0.39, 0.29) is 40.0 Å². The zero-order valence-corrected chi connectivity index (χ0v) is 50.0. The highest BCUT2D eigenvalue weighted by molar-refractivity contribution is 5.96. The third kappa shape index (κ3) is 17.6. The second-order valence-corrected chi connectivity index (χ2v) is 22.3. The highest BCUT2D eigenvalue weighted by atomic mass is 16.6. The van der Waals surface area contributed by atoms with Gasteiger partial charge in [0.25, 0.3) is 17.7 Å². The predicted octanol–water partition coefficient (Wildman–Crippen LogP) is 2.11. The summed E-state index contributed by atoms with van der Waals surface area (Å²) in [4.78, 5) is 35.6. The molecule has 3 heterocycles. The van der Waals surface area contributed by atoms with Crippen molar-refractivity contribution >= 4 is 17.7 Å². The lowest BCUT2D eigenvalue weighted by Gasteiger charge is -2.42. The number of benzene rings is 6. The van der Waals surface area contributed by atoms with Gasteiger partial charge in [0, 0.05) is 44.3 Å². The van der Waals surface area contributed by atoms with Crippen LogP contribution in [-0.2, 0) is 20.6 Å². The van der Waals surface area contributed by atoms with Gasteiger partial charge < -0.3 is 102 Å². The number of carbonyl (C=O) groups excluding carboxylic acids is 3. The molecule has 0 aliphatic carbocycles. The van der Waals surface area contributed by atoms with Crippen LogP contribution in [0.1, 0.15) is 98.9 Å². The van der Waals surface area contributed by atoms with E-state index in [0.29, 0.717) is 45.4 Å². The van der Waals surface area contributed by atoms with E-state index in [1.165, 1.54) is 0 Å². The van der Waals surface area contributed by atoms with Crippen molar-refractivity contribution in [3.8, 4) is 33.4 Å². The van der Waals surface area contributed by atoms with E-state index in [0.717, 1.165) is 44.5 Å². The monoisotopic (exact) mass is 1280 g/mol. The normalized spacial score (nSPS) is 26.4. The summed E-state index contributed by atoms with van der Waals surface area (Å²) in [5.41, 5.74) is 11.1. The Morgan fingerprint density at radius 2 is 0.674 bits per heavy atom. The molecule has 0 spiro atoms. The van der Waals surface area contributed by atoms with E-state index in [9.17, 15) is 85.9 Å². The third-order valence-corrected chi connectivity index (χ3v) is 16.5. The summed E-state index contributed by atoms with van der Waals surface area (Å²) in [6.45, 7) is 3.94. The minimum absolute atomic E-state index is 0. The van der Waals surface area contributed by atoms with E-state index in [4.69, 9.17) is 14.2 Å². The van der Waals surface area contributed by atoms with E-state index in [1.807, 2.05) is 67.6 Å². The molecule has 92 heavy (non-hydrogen) atoms. The Hall–Kier alpha value is -6.95. The standard InChI is InChI=1S/2C22H27NO7.C22H27NO6.3CH4/c2*1-11-8-13(12-4-3-5-14(9-12)22(29)23-2)6-7-15(11)17(25)21-20(28)19(27)18(26)16(10-24)30-21;1-12-8-15(14-4-3-5-16(9-14)22(28)23-2)7-6-13(12)10-17-19(25)21(27)20(26)18(11-24)29-17;;;/h2*3-9,16-21,24-28H,10H2,1-2H3,(H,23,29);3-9,17-21,24-27H,10-11H2,1-2H3,(H,23,28);3*1H4/t2*16?,17-,18?,19?,20?,21?;;;;/m10..../s1. The minimum Gasteiger partial charge on any atom is -0.394 e. The fraction of sp³-hybridized carbons (Fsp3) is 0.435. The van der Waals surface area contributed by atoms with Crippen molar-refractivity contribution in [2.24, 2.45) is 0 Å². The zero-order valence-electron chi connectivity index (χ0n) is 50.0. The van der Waals surface area contributed by atoms with Gasteiger partial charge >= 0.3 is 0 Å². The van der Waals surface area contributed by atoms with Gasteiger partial charge in [-0.15, -0.1) is 0 Å². The summed E-state index contributed by atoms with van der Waals surface area (Å²) in [6, 6.07) is 38.0. The molecule has 3 amide bonds. The van der Waals surface area contributed by atoms with Crippen LogP contribution in [0.4, 0.5) is 0 Å². The Bertz CT molecular complexity index is 3220. The molecule has 504 valence electrons. The number of aliphatic hydroxyl groups excluding tert-OH is 14. The quantitative estimate of drug-likeness (QED) is 0.0700. The van der Waals surface area contributed by atoms with Crippen molar-refractivity contribution in [1.82, 2.24) is 16.0 Å². The minimum atomic E-state index is -1.55. The average molecular weight is 1280 g/mol. The molecule has 17 N–H and O–H groups in total. The van der Waals surface area contributed by atoms with Crippen molar-refractivity contribution < 1.29 is 100 Å². The van der Waals surface area contributed by atoms with Gasteiger partial charge in [-0.2, -0.15) is 0 Å². The molecule has 0 bridgehead atoms. The molecule has 15 unspecified atom stereocenters. The van der Waals surface area contributed by atoms with Gasteiger partial charge in [0.15, 0.2) is 0 Å². The maximum Gasteiger partial charge on any atom is 0.251 e. The Balaban J connectivity index is 0.000000290. The van der Waals surface area contributed by atoms with Gasteiger partial charge in [-0.3, -0.25) is 14.4 Å². The van der Waals surface area contributed by atoms with Crippen molar-refractivity contribution in [2.45, 2.75) is 153 Å². The third-order valence-electron chi connectivity index (χ3n) is 16.5. The van der Waals surface area contributed by atoms with Crippen LogP contribution >= 0.6 is 0 Å². The first-order valence-corrected chi connectivity index (χ1v) is 29.0. The summed E-state index contributed by atoms with van der Waals surface area (Å²) >= 11 is 0. The first-order chi connectivity index (χ1) is 42.4. The van der Waals surface area contributed by atoms with E-state index in [2.05, 4.69) is 16.0 Å². The Labute approximate surface area is 536 Å². The zero-order chi connectivity index (χ0) is 65.1. The van der Waals surface area contributed by atoms with Gasteiger partial charge in [0.1, 0.15) is 97.7 Å². The number of aryl methyl sites for hydroxylation is 3. The molecule has 0 aromatic heterocycles. The first-order valence-electron chi connectivity index (χ1n) is 29.0. The van der Waals surface area contributed by atoms with Crippen molar-refractivity contribution in [3.63, 3.8) is 0 Å². The lowest BCUT2D eigenvalue weighted by molar-refractivity contribution is -0.250. The molecule has 6 aromatic carbocycles. The summed E-state index contributed by atoms with van der Waals surface area (Å²) in [5, 5.41) is 148. The number of amides is 3. The molecule has 9 rings (SSSR count). The smallest absolute Gasteiger partial charge is 0.251 e. The molecule has 3 aliphatic rings. The van der Waals surface area contributed by atoms with E-state index >= 15 is 0 Å². The number of aliphatic hydroxyl groups is 14. The van der Waals surface area contributed by atoms with Crippen LogP contribution in [0.3, 0.4) is 0 Å². The summed E-state index contributed by atoms with van der Waals surface area (Å²) in [5.74, 6) is -0.533. The molecular formula is C69H93N3O20. The number of carbonyl (C=O) groups is 3. The second-order valence-electron chi connectivity index (χ2n) is 22.3. The van der Waals surface area contributed by atoms with Crippen molar-refractivity contribution in [1.29, 1.82) is 0 Å². The molecule has 3 saturated heterocycles. The molecule has 0 radical (unpaired) electrons. The molecule has 17 atom stereocenters. The number of nitrogens with one attached hydrogen (secondary N) is 3. The SMILES string of the molecule is C.C.C.CNC(=O)c1cccc(-c2ccc(CC3OC(CO)C(O)C(O)C3O)c(C)c2)c1.CNC(=O)c1cccc(-c2ccc([C@@H](O)C3OC(CO)C(O)C(O)C3O)c(C)c2)c1.CNC(=O)c1cccc(-c2ccc([C@H](O)C3OC(CO)C(O)C(O)C3O)c(C)c2)c1. The molecule has 3 aliphatic heterocycles. The topological polar surface area (TPSA) is 398 Å². The van der Waals surface area contributed by atoms with Gasteiger partial charge in [0.2, 0.25) is 0 Å². The van der Waals surface area contributed by atoms with Gasteiger partial charge in [-0.25, -0.2) is 0 Å². The van der Waals surface area contributed by atoms with Gasteiger partial charge in [-0.05, 0) is 124 Å². The van der Waals surface area contributed by atoms with Crippen LogP contribution in [0.15, 0.2) is 127 Å². The van der Waals surface area contributed by atoms with Gasteiger partial charge in [0.05, 0.1) is 25.9 Å². The summed E-state index contributed by atoms with van der Waals surface area (Å²) in [7, 11) is 4.72. The molecule has 23 heteroatoms. The lowest BCUT2D eigenvalue weighted by atomic mass is 9.87. The van der Waals surface area contributed by atoms with Crippen LogP contribution in [0.25, 0.3) is 33.4 Å². The maximum atomic E-state index is 11.9. The first kappa shape index (κ1) is 77.5. The fourth-order valence-electron chi connectivity index (χ4n) is 11.1. The Morgan fingerprint density at radius 3 is 0.989 bits per heavy atom. The molecule has 0 saturated carbocycles. The number of rotatable bonds is 15. The summed E-state index contributed by atoms with van der Waals surface area (Å²) < 4.78 is 16.5. The van der Waals surface area contributed by atoms with Crippen LogP contribution < -0.4 is 16.0 Å². The lowest BCUT2D eigenvalue weighted by Crippen LogP contribution is -2.59. The van der Waals surface area contributed by atoms with Crippen LogP contribution in [0.2, 0.25) is 0 Å². The van der Waals surface area contributed by atoms with Crippen molar-refractivity contribution in [2.75, 3.05) is 41.0 Å². The predicted molar refractivity (Wildman–Crippen MR) is 345 cm³/mol. The highest BCUT2D eigenvalue weighted by Gasteiger charge is 2.48. The second kappa shape index (κ2) is 34.8. The molecular weight excluding hydrogens is 1190 g/mol. The number of hydrogen-bond donors (Lipinski definition) is 17. The Morgan fingerprint density at radius 1 is 0.380 bits per heavy atom. The molecule has 3 fully saturated rings. The van der Waals surface area contributed by atoms with Crippen molar-refractivity contribution in [3.05, 3.63) is 177 Å². The fourth-order valence-corrected chi connectivity index (χ4v) is 11.1. The van der Waals surface area contributed by atoms with E-state index < -0.39 is 124 Å². The molecule has 23 nitrogen and oxygen atoms in total. The largest absolute Gasteiger partial charge is 0.394 e. The van der Waals surface area contributed by atoms with E-state index in [1.54, 1.807) is 102 Å². The van der Waals surface area contributed by atoms with Crippen LogP contribution in [0, 0.1) is 20.8 Å². The number of hydrogen-bond acceptors (Lipinski definition) is 20. The van der Waals surface area contributed by atoms with Gasteiger partial charge in [-0.1, -0.05) is 113 Å². The molecule has 6 aromatic rings. The highest BCUT2D eigenvalue weighted by Crippen LogP contribution is 2.36. The maximum absolute atomic E-state index is 11.9. The van der Waals surface area contributed by atoms with Crippen LogP contribution in [0.5, 0.6) is 0 Å². The average Bonchev–Trinajstić information content (AvgIpc) is 0.810. The number of ether oxygens (including phenoxy) is 3. The Kier molecular flexibility index (Phi) is 29.3. The van der Waals surface area contributed by atoms with Crippen LogP contribution in [-0.4, -0.2) is 222 Å². The summed E-state index contributed by atoms with van der Waals surface area (Å²) in [6.07, 6.45) is -21.6.